The van der Waals surface area contributed by atoms with Crippen LogP contribution in [0.1, 0.15) is 27.7 Å². The first-order chi connectivity index (χ1) is 6.29. The van der Waals surface area contributed by atoms with Gasteiger partial charge in [0.25, 0.3) is 0 Å². The van der Waals surface area contributed by atoms with E-state index in [2.05, 4.69) is 17.3 Å². The van der Waals surface area contributed by atoms with Crippen LogP contribution in [-0.4, -0.2) is 6.21 Å². The molecule has 0 heterocycles. The minimum Gasteiger partial charge on any atom is -0.481 e. The van der Waals surface area contributed by atoms with E-state index in [9.17, 15) is 0 Å². The van der Waals surface area contributed by atoms with Crippen molar-refractivity contribution in [2.75, 3.05) is 0 Å². The number of hydrogen-bond acceptors (Lipinski definition) is 1. The molecular formula is C12H17NU. The molecule has 0 fully saturated rings. The second kappa shape index (κ2) is 11.0. The summed E-state index contributed by atoms with van der Waals surface area (Å²) < 4.78 is 0. The summed E-state index contributed by atoms with van der Waals surface area (Å²) >= 11 is 0. The molecule has 1 nitrogen and oxygen atoms in total. The third-order valence-corrected chi connectivity index (χ3v) is 1.14. The number of nitrogens with zero attached hydrogens (tertiary/aromatic N) is 1. The maximum Gasteiger partial charge on any atom is 2.00 e. The Balaban J connectivity index is 0. The predicted molar refractivity (Wildman–Crippen MR) is 58.6 cm³/mol. The molecule has 0 aliphatic rings. The van der Waals surface area contributed by atoms with Crippen LogP contribution in [-0.2, 0) is 0 Å². The Hall–Kier alpha value is -0.0581. The number of rotatable bonds is 2. The molecule has 0 bridgehead atoms. The Morgan fingerprint density at radius 2 is 1.93 bits per heavy atom. The SMILES string of the molecule is CC.CC(C)[C-]=Nc1[c-]cccc1.[U+2]. The fourth-order valence-electron chi connectivity index (χ4n) is 0.652. The summed E-state index contributed by atoms with van der Waals surface area (Å²) in [6, 6.07) is 10.6. The normalized spacial score (nSPS) is 9.21. The van der Waals surface area contributed by atoms with E-state index in [1.54, 1.807) is 0 Å². The molecule has 0 saturated heterocycles. The van der Waals surface area contributed by atoms with Crippen molar-refractivity contribution in [3.05, 3.63) is 30.3 Å². The molecule has 0 aliphatic carbocycles. The summed E-state index contributed by atoms with van der Waals surface area (Å²) in [5, 5.41) is 0. The van der Waals surface area contributed by atoms with Gasteiger partial charge in [0.15, 0.2) is 0 Å². The van der Waals surface area contributed by atoms with Gasteiger partial charge in [0.05, 0.1) is 0 Å². The van der Waals surface area contributed by atoms with Crippen LogP contribution in [0.4, 0.5) is 5.69 Å². The minimum atomic E-state index is 0. The van der Waals surface area contributed by atoms with Crippen LogP contribution < -0.4 is 0 Å². The Kier molecular flexibility index (Phi) is 12.9. The molecular weight excluding hydrogens is 396 g/mol. The van der Waals surface area contributed by atoms with Crippen molar-refractivity contribution >= 4 is 11.9 Å². The van der Waals surface area contributed by atoms with Gasteiger partial charge in [-0.2, -0.15) is 24.4 Å². The molecule has 0 aliphatic heterocycles. The maximum absolute atomic E-state index is 4.10. The first kappa shape index (κ1) is 16.4. The van der Waals surface area contributed by atoms with Crippen molar-refractivity contribution in [1.29, 1.82) is 0 Å². The van der Waals surface area contributed by atoms with E-state index >= 15 is 0 Å². The van der Waals surface area contributed by atoms with Crippen molar-refractivity contribution in [2.24, 2.45) is 10.9 Å². The van der Waals surface area contributed by atoms with Gasteiger partial charge in [-0.25, -0.2) is 11.8 Å². The molecule has 74 valence electrons. The van der Waals surface area contributed by atoms with E-state index < -0.39 is 0 Å². The van der Waals surface area contributed by atoms with Crippen molar-refractivity contribution in [3.8, 4) is 0 Å². The van der Waals surface area contributed by atoms with E-state index in [1.807, 2.05) is 52.0 Å². The fourth-order valence-corrected chi connectivity index (χ4v) is 0.652. The molecule has 0 saturated carbocycles. The smallest absolute Gasteiger partial charge is 0.481 e. The van der Waals surface area contributed by atoms with E-state index in [1.165, 1.54) is 0 Å². The minimum absolute atomic E-state index is 0. The Labute approximate surface area is 111 Å². The fraction of sp³-hybridized carbons (Fsp3) is 0.417. The van der Waals surface area contributed by atoms with Gasteiger partial charge in [0, 0.05) is 0 Å². The van der Waals surface area contributed by atoms with Crippen LogP contribution in [0, 0.1) is 43.1 Å². The quantitative estimate of drug-likeness (QED) is 0.518. The molecule has 14 heavy (non-hydrogen) atoms. The van der Waals surface area contributed by atoms with Gasteiger partial charge in [-0.15, -0.1) is 0 Å². The molecule has 2 heteroatoms. The number of hydrogen-bond donors (Lipinski definition) is 0. The molecule has 0 radical (unpaired) electrons. The van der Waals surface area contributed by atoms with Gasteiger partial charge in [-0.3, -0.25) is 6.07 Å². The van der Waals surface area contributed by atoms with Gasteiger partial charge in [-0.1, -0.05) is 33.6 Å². The van der Waals surface area contributed by atoms with E-state index in [0.29, 0.717) is 5.92 Å². The van der Waals surface area contributed by atoms with E-state index in [4.69, 9.17) is 0 Å². The Bertz CT molecular complexity index is 229. The van der Waals surface area contributed by atoms with Crippen LogP contribution in [0.5, 0.6) is 0 Å². The third kappa shape index (κ3) is 8.54. The number of aliphatic imine (C=N–C) groups is 1. The molecule has 1 aromatic rings. The van der Waals surface area contributed by atoms with Gasteiger partial charge in [-0.05, 0) is 0 Å². The zero-order valence-corrected chi connectivity index (χ0v) is 13.5. The molecule has 1 rings (SSSR count). The summed E-state index contributed by atoms with van der Waals surface area (Å²) in [6.45, 7) is 8.10. The van der Waals surface area contributed by atoms with Crippen LogP contribution in [0.3, 0.4) is 0 Å². The first-order valence-electron chi connectivity index (χ1n) is 4.72. The van der Waals surface area contributed by atoms with Crippen LogP contribution in [0.2, 0.25) is 0 Å². The van der Waals surface area contributed by atoms with Gasteiger partial charge in [0.2, 0.25) is 0 Å². The molecule has 0 atom stereocenters. The van der Waals surface area contributed by atoms with Gasteiger partial charge in [0.1, 0.15) is 0 Å². The van der Waals surface area contributed by atoms with Crippen molar-refractivity contribution in [3.63, 3.8) is 0 Å². The third-order valence-electron chi connectivity index (χ3n) is 1.14. The standard InChI is InChI=1S/C10H11N.C2H6.U/c1-9(2)8-11-10-6-4-3-5-7-10;1-2;/h3-6,9H,1-2H3;1-2H3;/q-2;;+2. The summed E-state index contributed by atoms with van der Waals surface area (Å²) in [4.78, 5) is 4.10. The van der Waals surface area contributed by atoms with Gasteiger partial charge < -0.3 is 4.99 Å². The molecule has 0 N–H and O–H groups in total. The monoisotopic (exact) mass is 413 g/mol. The van der Waals surface area contributed by atoms with Crippen molar-refractivity contribution < 1.29 is 31.1 Å². The molecule has 0 spiro atoms. The summed E-state index contributed by atoms with van der Waals surface area (Å²) in [5.74, 6) is 0.378. The summed E-state index contributed by atoms with van der Waals surface area (Å²) in [5.41, 5.74) is 0.848. The number of para-hydroxylation sites is 1. The predicted octanol–water partition coefficient (Wildman–Crippen LogP) is 3.75. The summed E-state index contributed by atoms with van der Waals surface area (Å²) in [7, 11) is 0. The average Bonchev–Trinajstić information content (AvgIpc) is 2.19. The second-order valence-electron chi connectivity index (χ2n) is 2.64. The zero-order valence-electron chi connectivity index (χ0n) is 9.33. The van der Waals surface area contributed by atoms with E-state index in [0.717, 1.165) is 5.69 Å². The van der Waals surface area contributed by atoms with Gasteiger partial charge >= 0.3 is 31.1 Å². The maximum atomic E-state index is 4.10. The molecule has 0 aromatic heterocycles. The second-order valence-corrected chi connectivity index (χ2v) is 2.64. The molecule has 0 unspecified atom stereocenters. The zero-order chi connectivity index (χ0) is 10.1. The van der Waals surface area contributed by atoms with Crippen molar-refractivity contribution in [1.82, 2.24) is 0 Å². The van der Waals surface area contributed by atoms with Crippen LogP contribution in [0.15, 0.2) is 29.3 Å². The van der Waals surface area contributed by atoms with E-state index in [-0.39, 0.29) is 31.1 Å². The average molecular weight is 413 g/mol. The molecule has 1 aromatic carbocycles. The topological polar surface area (TPSA) is 12.4 Å². The van der Waals surface area contributed by atoms with Crippen LogP contribution >= 0.6 is 0 Å². The summed E-state index contributed by atoms with van der Waals surface area (Å²) in [6.07, 6.45) is 2.96. The first-order valence-corrected chi connectivity index (χ1v) is 4.72. The molecule has 0 amide bonds. The van der Waals surface area contributed by atoms with Crippen molar-refractivity contribution in [2.45, 2.75) is 27.7 Å². The Morgan fingerprint density at radius 1 is 1.29 bits per heavy atom. The Morgan fingerprint density at radius 3 is 2.36 bits per heavy atom. The number of benzene rings is 1. The van der Waals surface area contributed by atoms with Crippen LogP contribution in [0.25, 0.3) is 0 Å². The largest absolute Gasteiger partial charge is 2.00 e.